The molecule has 0 aliphatic heterocycles. The van der Waals surface area contributed by atoms with Crippen molar-refractivity contribution < 1.29 is 19.1 Å². The molecule has 166 valence electrons. The van der Waals surface area contributed by atoms with Crippen LogP contribution in [0.15, 0.2) is 73.3 Å². The number of nitrogens with zero attached hydrogens (tertiary/aromatic N) is 1. The van der Waals surface area contributed by atoms with E-state index in [1.807, 2.05) is 60.7 Å². The number of hydrogen-bond acceptors (Lipinski definition) is 4. The van der Waals surface area contributed by atoms with Crippen LogP contribution in [0.5, 0.6) is 0 Å². The summed E-state index contributed by atoms with van der Waals surface area (Å²) in [6, 6.07) is 18.4. The molecule has 1 atom stereocenters. The molecule has 0 heterocycles. The van der Waals surface area contributed by atoms with Gasteiger partial charge in [-0.05, 0) is 31.9 Å². The largest absolute Gasteiger partial charge is 0.444 e. The second kappa shape index (κ2) is 11.9. The van der Waals surface area contributed by atoms with Gasteiger partial charge in [0.05, 0.1) is 13.2 Å². The van der Waals surface area contributed by atoms with Crippen LogP contribution >= 0.6 is 0 Å². The molecule has 1 N–H and O–H groups in total. The zero-order chi connectivity index (χ0) is 22.7. The van der Waals surface area contributed by atoms with Crippen LogP contribution in [0.3, 0.4) is 0 Å². The Morgan fingerprint density at radius 3 is 2.16 bits per heavy atom. The highest BCUT2D eigenvalue weighted by atomic mass is 16.6. The van der Waals surface area contributed by atoms with Gasteiger partial charge in [0.1, 0.15) is 11.6 Å². The molecule has 0 aliphatic carbocycles. The lowest BCUT2D eigenvalue weighted by Crippen LogP contribution is -2.51. The first kappa shape index (κ1) is 24.2. The SMILES string of the molecule is C=CCN(Cc1ccccc1)C(=O)[C@H](COCc1ccccc1)NC(=O)OC(C)(C)C. The Morgan fingerprint density at radius 1 is 1.03 bits per heavy atom. The summed E-state index contributed by atoms with van der Waals surface area (Å²) in [5.41, 5.74) is 1.30. The van der Waals surface area contributed by atoms with Gasteiger partial charge in [-0.3, -0.25) is 4.79 Å². The van der Waals surface area contributed by atoms with Crippen LogP contribution < -0.4 is 5.32 Å². The van der Waals surface area contributed by atoms with Gasteiger partial charge in [0.15, 0.2) is 0 Å². The van der Waals surface area contributed by atoms with Crippen molar-refractivity contribution >= 4 is 12.0 Å². The summed E-state index contributed by atoms with van der Waals surface area (Å²) in [4.78, 5) is 27.3. The zero-order valence-electron chi connectivity index (χ0n) is 18.5. The van der Waals surface area contributed by atoms with Gasteiger partial charge in [-0.1, -0.05) is 66.7 Å². The van der Waals surface area contributed by atoms with Gasteiger partial charge in [0, 0.05) is 13.1 Å². The molecule has 0 saturated heterocycles. The van der Waals surface area contributed by atoms with Gasteiger partial charge in [-0.2, -0.15) is 0 Å². The summed E-state index contributed by atoms with van der Waals surface area (Å²) in [6.07, 6.45) is 1.00. The maximum atomic E-state index is 13.3. The highest BCUT2D eigenvalue weighted by Crippen LogP contribution is 2.10. The molecule has 6 heteroatoms. The highest BCUT2D eigenvalue weighted by molar-refractivity contribution is 5.86. The van der Waals surface area contributed by atoms with E-state index >= 15 is 0 Å². The molecular weight excluding hydrogens is 392 g/mol. The summed E-state index contributed by atoms with van der Waals surface area (Å²) in [5, 5.41) is 2.67. The van der Waals surface area contributed by atoms with Gasteiger partial charge in [-0.25, -0.2) is 4.79 Å². The lowest BCUT2D eigenvalue weighted by molar-refractivity contribution is -0.135. The van der Waals surface area contributed by atoms with Gasteiger partial charge >= 0.3 is 6.09 Å². The van der Waals surface area contributed by atoms with Gasteiger partial charge in [0.25, 0.3) is 0 Å². The summed E-state index contributed by atoms with van der Waals surface area (Å²) in [5.74, 6) is -0.261. The minimum atomic E-state index is -0.887. The molecule has 0 radical (unpaired) electrons. The average Bonchev–Trinajstić information content (AvgIpc) is 2.72. The van der Waals surface area contributed by atoms with E-state index in [-0.39, 0.29) is 12.5 Å². The fourth-order valence-corrected chi connectivity index (χ4v) is 2.91. The second-order valence-corrected chi connectivity index (χ2v) is 8.19. The number of amides is 2. The quantitative estimate of drug-likeness (QED) is 0.577. The average molecular weight is 425 g/mol. The number of benzene rings is 2. The van der Waals surface area contributed by atoms with Crippen molar-refractivity contribution in [3.05, 3.63) is 84.4 Å². The molecule has 2 aromatic carbocycles. The van der Waals surface area contributed by atoms with Crippen LogP contribution in [0.2, 0.25) is 0 Å². The summed E-state index contributed by atoms with van der Waals surface area (Å²) in [6.45, 7) is 10.2. The molecule has 0 unspecified atom stereocenters. The Kier molecular flexibility index (Phi) is 9.28. The fraction of sp³-hybridized carbons (Fsp3) is 0.360. The smallest absolute Gasteiger partial charge is 0.408 e. The summed E-state index contributed by atoms with van der Waals surface area (Å²) in [7, 11) is 0. The number of rotatable bonds is 10. The van der Waals surface area contributed by atoms with Gasteiger partial charge < -0.3 is 19.7 Å². The maximum Gasteiger partial charge on any atom is 0.408 e. The number of carbonyl (C=O) groups is 2. The molecule has 2 aromatic rings. The molecule has 31 heavy (non-hydrogen) atoms. The summed E-state index contributed by atoms with van der Waals surface area (Å²) < 4.78 is 11.1. The van der Waals surface area contributed by atoms with Crippen molar-refractivity contribution in [1.82, 2.24) is 10.2 Å². The number of carbonyl (C=O) groups excluding carboxylic acids is 2. The van der Waals surface area contributed by atoms with E-state index < -0.39 is 17.7 Å². The van der Waals surface area contributed by atoms with Crippen molar-refractivity contribution in [2.45, 2.75) is 45.6 Å². The number of ether oxygens (including phenoxy) is 2. The molecule has 0 spiro atoms. The van der Waals surface area contributed by atoms with Crippen molar-refractivity contribution in [2.75, 3.05) is 13.2 Å². The third kappa shape index (κ3) is 9.05. The standard InChI is InChI=1S/C25H32N2O4/c1-5-16-27(17-20-12-8-6-9-13-20)23(28)22(26-24(29)31-25(2,3)4)19-30-18-21-14-10-7-11-15-21/h5-15,22H,1,16-19H2,2-4H3,(H,26,29)/t22-/m0/s1. The normalized spacial score (nSPS) is 12.0. The van der Waals surface area contributed by atoms with Crippen LogP contribution in [-0.2, 0) is 27.4 Å². The molecule has 0 saturated carbocycles. The van der Waals surface area contributed by atoms with E-state index in [0.29, 0.717) is 19.7 Å². The van der Waals surface area contributed by atoms with Crippen molar-refractivity contribution in [3.63, 3.8) is 0 Å². The lowest BCUT2D eigenvalue weighted by Gasteiger charge is -2.28. The van der Waals surface area contributed by atoms with Crippen LogP contribution in [0.4, 0.5) is 4.79 Å². The number of hydrogen-bond donors (Lipinski definition) is 1. The predicted octanol–water partition coefficient (Wildman–Crippen LogP) is 4.31. The van der Waals surface area contributed by atoms with E-state index in [1.54, 1.807) is 31.7 Å². The summed E-state index contributed by atoms with van der Waals surface area (Å²) >= 11 is 0. The second-order valence-electron chi connectivity index (χ2n) is 8.19. The van der Waals surface area contributed by atoms with Crippen LogP contribution in [-0.4, -0.2) is 41.7 Å². The molecule has 2 amide bonds. The van der Waals surface area contributed by atoms with Crippen LogP contribution in [0.1, 0.15) is 31.9 Å². The molecule has 0 bridgehead atoms. The lowest BCUT2D eigenvalue weighted by atomic mass is 10.2. The van der Waals surface area contributed by atoms with Crippen LogP contribution in [0.25, 0.3) is 0 Å². The molecule has 2 rings (SSSR count). The van der Waals surface area contributed by atoms with Crippen molar-refractivity contribution in [2.24, 2.45) is 0 Å². The topological polar surface area (TPSA) is 67.9 Å². The monoisotopic (exact) mass is 424 g/mol. The number of nitrogens with one attached hydrogen (secondary N) is 1. The minimum absolute atomic E-state index is 0.0232. The fourth-order valence-electron chi connectivity index (χ4n) is 2.91. The molecule has 6 nitrogen and oxygen atoms in total. The van der Waals surface area contributed by atoms with Crippen molar-refractivity contribution in [1.29, 1.82) is 0 Å². The van der Waals surface area contributed by atoms with Gasteiger partial charge in [-0.15, -0.1) is 6.58 Å². The Balaban J connectivity index is 2.11. The first-order valence-corrected chi connectivity index (χ1v) is 10.3. The van der Waals surface area contributed by atoms with E-state index in [1.165, 1.54) is 0 Å². The van der Waals surface area contributed by atoms with Gasteiger partial charge in [0.2, 0.25) is 5.91 Å². The Bertz CT molecular complexity index is 832. The zero-order valence-corrected chi connectivity index (χ0v) is 18.5. The van der Waals surface area contributed by atoms with Crippen molar-refractivity contribution in [3.8, 4) is 0 Å². The first-order chi connectivity index (χ1) is 14.8. The maximum absolute atomic E-state index is 13.3. The minimum Gasteiger partial charge on any atom is -0.444 e. The molecule has 0 aliphatic rings. The van der Waals surface area contributed by atoms with Crippen LogP contribution in [0, 0.1) is 0 Å². The van der Waals surface area contributed by atoms with E-state index in [2.05, 4.69) is 11.9 Å². The van der Waals surface area contributed by atoms with E-state index in [4.69, 9.17) is 9.47 Å². The third-order valence-electron chi connectivity index (χ3n) is 4.26. The van der Waals surface area contributed by atoms with E-state index in [0.717, 1.165) is 11.1 Å². The van der Waals surface area contributed by atoms with E-state index in [9.17, 15) is 9.59 Å². The third-order valence-corrected chi connectivity index (χ3v) is 4.26. The molecule has 0 aromatic heterocycles. The highest BCUT2D eigenvalue weighted by Gasteiger charge is 2.28. The predicted molar refractivity (Wildman–Crippen MR) is 121 cm³/mol. The Morgan fingerprint density at radius 2 is 1.61 bits per heavy atom. The Hall–Kier alpha value is -3.12. The first-order valence-electron chi connectivity index (χ1n) is 10.3. The Labute approximate surface area is 184 Å². The molecule has 0 fully saturated rings. The molecular formula is C25H32N2O4. The number of alkyl carbamates (subject to hydrolysis) is 1.